The van der Waals surface area contributed by atoms with Crippen molar-refractivity contribution < 1.29 is 18.4 Å². The van der Waals surface area contributed by atoms with Crippen LogP contribution in [0.1, 0.15) is 51.8 Å². The van der Waals surface area contributed by atoms with Crippen molar-refractivity contribution in [2.24, 2.45) is 0 Å². The maximum atomic E-state index is 14.0. The standard InChI is InChI=1S/C25H27F2N5O2S/c1-15(14-32-12-3-2-4-13-32)29-24(34)16-8-10-17(11-9-16)30-25-31-23(28)22(35-25)21(33)20-18(26)6-5-7-19(20)27/h5-11,15H,2-4,12-14,28H2,1H3,(H,29,34)(H,30,31)/t15-/m1/s1. The van der Waals surface area contributed by atoms with E-state index in [0.717, 1.165) is 43.1 Å². The third kappa shape index (κ3) is 6.01. The molecule has 1 aromatic heterocycles. The first-order chi connectivity index (χ1) is 16.8. The molecule has 2 heterocycles. The lowest BCUT2D eigenvalue weighted by atomic mass is 10.1. The van der Waals surface area contributed by atoms with E-state index in [-0.39, 0.29) is 27.8 Å². The summed E-state index contributed by atoms with van der Waals surface area (Å²) in [5, 5.41) is 6.33. The van der Waals surface area contributed by atoms with Crippen LogP contribution in [0.25, 0.3) is 0 Å². The number of nitrogens with zero attached hydrogens (tertiary/aromatic N) is 2. The second-order valence-corrected chi connectivity index (χ2v) is 9.60. The van der Waals surface area contributed by atoms with E-state index >= 15 is 0 Å². The molecule has 1 atom stereocenters. The fourth-order valence-corrected chi connectivity index (χ4v) is 4.94. The van der Waals surface area contributed by atoms with Gasteiger partial charge in [0, 0.05) is 23.8 Å². The third-order valence-electron chi connectivity index (χ3n) is 5.81. The van der Waals surface area contributed by atoms with Crippen molar-refractivity contribution in [2.45, 2.75) is 32.2 Å². The largest absolute Gasteiger partial charge is 0.382 e. The zero-order valence-corrected chi connectivity index (χ0v) is 20.1. The average molecular weight is 500 g/mol. The van der Waals surface area contributed by atoms with Gasteiger partial charge in [-0.25, -0.2) is 13.8 Å². The minimum Gasteiger partial charge on any atom is -0.382 e. The fraction of sp³-hybridized carbons (Fsp3) is 0.320. The molecule has 0 spiro atoms. The first kappa shape index (κ1) is 24.7. The Hall–Kier alpha value is -3.37. The van der Waals surface area contributed by atoms with Crippen LogP contribution in [-0.2, 0) is 0 Å². The smallest absolute Gasteiger partial charge is 0.251 e. The van der Waals surface area contributed by atoms with Crippen LogP contribution >= 0.6 is 11.3 Å². The van der Waals surface area contributed by atoms with Crippen LogP contribution in [0.4, 0.5) is 25.4 Å². The number of rotatable bonds is 8. The van der Waals surface area contributed by atoms with Gasteiger partial charge < -0.3 is 21.3 Å². The average Bonchev–Trinajstić information content (AvgIpc) is 3.19. The SMILES string of the molecule is C[C@H](CN1CCCCC1)NC(=O)c1ccc(Nc2nc(N)c(C(=O)c3c(F)cccc3F)s2)cc1. The van der Waals surface area contributed by atoms with Crippen molar-refractivity contribution >= 4 is 39.7 Å². The topological polar surface area (TPSA) is 100 Å². The lowest BCUT2D eigenvalue weighted by Gasteiger charge is -2.29. The molecule has 184 valence electrons. The Morgan fingerprint density at radius 3 is 2.40 bits per heavy atom. The number of aromatic nitrogens is 1. The lowest BCUT2D eigenvalue weighted by Crippen LogP contribution is -2.43. The molecule has 1 saturated heterocycles. The van der Waals surface area contributed by atoms with Gasteiger partial charge in [0.25, 0.3) is 5.91 Å². The summed E-state index contributed by atoms with van der Waals surface area (Å²) in [4.78, 5) is 31.7. The van der Waals surface area contributed by atoms with Crippen LogP contribution in [0.2, 0.25) is 0 Å². The number of thiazole rings is 1. The number of hydrogen-bond donors (Lipinski definition) is 3. The number of halogens is 2. The van der Waals surface area contributed by atoms with E-state index in [2.05, 4.69) is 20.5 Å². The molecule has 0 saturated carbocycles. The summed E-state index contributed by atoms with van der Waals surface area (Å²) < 4.78 is 28.0. The van der Waals surface area contributed by atoms with E-state index in [1.165, 1.54) is 25.3 Å². The third-order valence-corrected chi connectivity index (χ3v) is 6.79. The van der Waals surface area contributed by atoms with Crippen molar-refractivity contribution in [3.8, 4) is 0 Å². The van der Waals surface area contributed by atoms with E-state index in [1.807, 2.05) is 6.92 Å². The Kier molecular flexibility index (Phi) is 7.72. The van der Waals surface area contributed by atoms with Gasteiger partial charge in [-0.3, -0.25) is 9.59 Å². The quantitative estimate of drug-likeness (QED) is 0.392. The zero-order valence-electron chi connectivity index (χ0n) is 19.3. The number of nitrogens with two attached hydrogens (primary N) is 1. The Balaban J connectivity index is 1.38. The Labute approximate surface area is 206 Å². The fourth-order valence-electron chi connectivity index (χ4n) is 4.09. The molecule has 10 heteroatoms. The molecule has 4 rings (SSSR count). The Bertz CT molecular complexity index is 1190. The van der Waals surface area contributed by atoms with Crippen molar-refractivity contribution in [3.05, 3.63) is 70.1 Å². The van der Waals surface area contributed by atoms with Gasteiger partial charge in [0.05, 0.1) is 5.56 Å². The van der Waals surface area contributed by atoms with E-state index in [4.69, 9.17) is 5.73 Å². The van der Waals surface area contributed by atoms with Crippen molar-refractivity contribution in [3.63, 3.8) is 0 Å². The molecule has 0 radical (unpaired) electrons. The molecule has 3 aromatic rings. The Morgan fingerprint density at radius 2 is 1.74 bits per heavy atom. The summed E-state index contributed by atoms with van der Waals surface area (Å²) in [6.07, 6.45) is 3.68. The van der Waals surface area contributed by atoms with Gasteiger partial charge in [0.15, 0.2) is 5.13 Å². The van der Waals surface area contributed by atoms with Gasteiger partial charge in [-0.05, 0) is 69.3 Å². The highest BCUT2D eigenvalue weighted by Crippen LogP contribution is 2.31. The maximum Gasteiger partial charge on any atom is 0.251 e. The molecule has 7 nitrogen and oxygen atoms in total. The van der Waals surface area contributed by atoms with Crippen molar-refractivity contribution in [1.82, 2.24) is 15.2 Å². The summed E-state index contributed by atoms with van der Waals surface area (Å²) >= 11 is 0.896. The van der Waals surface area contributed by atoms with E-state index in [9.17, 15) is 18.4 Å². The number of carbonyl (C=O) groups excluding carboxylic acids is 2. The summed E-state index contributed by atoms with van der Waals surface area (Å²) in [6.45, 7) is 4.98. The van der Waals surface area contributed by atoms with E-state index in [1.54, 1.807) is 24.3 Å². The van der Waals surface area contributed by atoms with Crippen LogP contribution in [0.3, 0.4) is 0 Å². The maximum absolute atomic E-state index is 14.0. The normalized spacial score (nSPS) is 14.9. The van der Waals surface area contributed by atoms with Gasteiger partial charge in [-0.15, -0.1) is 0 Å². The van der Waals surface area contributed by atoms with Crippen LogP contribution in [0.15, 0.2) is 42.5 Å². The van der Waals surface area contributed by atoms with Crippen LogP contribution in [0.5, 0.6) is 0 Å². The highest BCUT2D eigenvalue weighted by molar-refractivity contribution is 7.18. The number of likely N-dealkylation sites (tertiary alicyclic amines) is 1. The number of amides is 1. The number of ketones is 1. The van der Waals surface area contributed by atoms with Crippen LogP contribution in [-0.4, -0.2) is 47.3 Å². The van der Waals surface area contributed by atoms with Crippen molar-refractivity contribution in [1.29, 1.82) is 0 Å². The Morgan fingerprint density at radius 1 is 1.09 bits per heavy atom. The number of nitrogen functional groups attached to an aromatic ring is 1. The highest BCUT2D eigenvalue weighted by Gasteiger charge is 2.24. The summed E-state index contributed by atoms with van der Waals surface area (Å²) in [5.41, 5.74) is 6.32. The second-order valence-electron chi connectivity index (χ2n) is 8.60. The minimum absolute atomic E-state index is 0.0342. The van der Waals surface area contributed by atoms with Gasteiger partial charge >= 0.3 is 0 Å². The van der Waals surface area contributed by atoms with Gasteiger partial charge in [0.2, 0.25) is 5.78 Å². The second kappa shape index (κ2) is 10.9. The number of benzene rings is 2. The van der Waals surface area contributed by atoms with E-state index in [0.29, 0.717) is 11.3 Å². The van der Waals surface area contributed by atoms with Crippen molar-refractivity contribution in [2.75, 3.05) is 30.7 Å². The number of nitrogens with one attached hydrogen (secondary N) is 2. The highest BCUT2D eigenvalue weighted by atomic mass is 32.1. The number of piperidine rings is 1. The molecule has 2 aromatic carbocycles. The van der Waals surface area contributed by atoms with Crippen LogP contribution in [0, 0.1) is 11.6 Å². The van der Waals surface area contributed by atoms with E-state index < -0.39 is 23.0 Å². The molecule has 4 N–H and O–H groups in total. The summed E-state index contributed by atoms with van der Waals surface area (Å²) in [5.74, 6) is -3.06. The van der Waals surface area contributed by atoms with Crippen LogP contribution < -0.4 is 16.4 Å². The molecular formula is C25H27F2N5O2S. The molecule has 35 heavy (non-hydrogen) atoms. The van der Waals surface area contributed by atoms with Gasteiger partial charge in [-0.2, -0.15) is 0 Å². The number of anilines is 3. The monoisotopic (exact) mass is 499 g/mol. The lowest BCUT2D eigenvalue weighted by molar-refractivity contribution is 0.0925. The molecular weight excluding hydrogens is 472 g/mol. The first-order valence-electron chi connectivity index (χ1n) is 11.5. The predicted molar refractivity (Wildman–Crippen MR) is 133 cm³/mol. The molecule has 1 aliphatic heterocycles. The molecule has 0 bridgehead atoms. The van der Waals surface area contributed by atoms with Gasteiger partial charge in [-0.1, -0.05) is 23.8 Å². The molecule has 0 unspecified atom stereocenters. The first-order valence-corrected chi connectivity index (χ1v) is 12.3. The molecule has 1 aliphatic rings. The predicted octanol–water partition coefficient (Wildman–Crippen LogP) is 4.58. The molecule has 1 amide bonds. The minimum atomic E-state index is -0.962. The number of hydrogen-bond acceptors (Lipinski definition) is 7. The summed E-state index contributed by atoms with van der Waals surface area (Å²) in [7, 11) is 0. The summed E-state index contributed by atoms with van der Waals surface area (Å²) in [6, 6.07) is 10.0. The molecule has 0 aliphatic carbocycles. The number of carbonyl (C=O) groups is 2. The zero-order chi connectivity index (χ0) is 24.9. The molecule has 1 fully saturated rings. The van der Waals surface area contributed by atoms with Gasteiger partial charge in [0.1, 0.15) is 22.3 Å².